The zero-order valence-electron chi connectivity index (χ0n) is 14.5. The molecule has 2 aromatic carbocycles. The Hall–Kier alpha value is -2.83. The number of hydrogen-bond acceptors (Lipinski definition) is 3. The minimum atomic E-state index is -4.81. The number of hydrogen-bond donors (Lipinski definition) is 0. The molecule has 0 fully saturated rings. The van der Waals surface area contributed by atoms with Gasteiger partial charge >= 0.3 is 12.1 Å². The van der Waals surface area contributed by atoms with Gasteiger partial charge in [-0.2, -0.15) is 4.98 Å². The van der Waals surface area contributed by atoms with Crippen molar-refractivity contribution in [2.45, 2.75) is 33.6 Å². The van der Waals surface area contributed by atoms with Crippen LogP contribution in [0.4, 0.5) is 13.2 Å². The SMILES string of the molecule is CCc1nc(=O)n(-c2ccccc2C)c2cc(OC(F)(F)F)c(C)cc12. The fraction of sp³-hybridized carbons (Fsp3) is 0.263. The van der Waals surface area contributed by atoms with Crippen molar-refractivity contribution in [3.05, 3.63) is 63.7 Å². The van der Waals surface area contributed by atoms with Crippen LogP contribution in [0.15, 0.2) is 41.2 Å². The number of nitrogens with zero attached hydrogens (tertiary/aromatic N) is 2. The number of fused-ring (bicyclic) bond motifs is 1. The van der Waals surface area contributed by atoms with Crippen LogP contribution in [0.1, 0.15) is 23.7 Å². The molecule has 0 bridgehead atoms. The lowest BCUT2D eigenvalue weighted by atomic mass is 10.1. The van der Waals surface area contributed by atoms with Crippen molar-refractivity contribution in [1.29, 1.82) is 0 Å². The van der Waals surface area contributed by atoms with E-state index >= 15 is 0 Å². The zero-order valence-corrected chi connectivity index (χ0v) is 14.5. The highest BCUT2D eigenvalue weighted by Crippen LogP contribution is 2.32. The number of rotatable bonds is 3. The fourth-order valence-corrected chi connectivity index (χ4v) is 2.97. The van der Waals surface area contributed by atoms with E-state index in [1.807, 2.05) is 26.0 Å². The smallest absolute Gasteiger partial charge is 0.405 e. The van der Waals surface area contributed by atoms with Crippen LogP contribution in [0.25, 0.3) is 16.6 Å². The van der Waals surface area contributed by atoms with E-state index < -0.39 is 12.1 Å². The summed E-state index contributed by atoms with van der Waals surface area (Å²) in [5, 5.41) is 0.627. The van der Waals surface area contributed by atoms with Crippen molar-refractivity contribution in [1.82, 2.24) is 9.55 Å². The fourth-order valence-electron chi connectivity index (χ4n) is 2.97. The number of benzene rings is 2. The normalized spacial score (nSPS) is 11.8. The molecule has 1 heterocycles. The summed E-state index contributed by atoms with van der Waals surface area (Å²) in [7, 11) is 0. The Kier molecular flexibility index (Phi) is 4.48. The van der Waals surface area contributed by atoms with Crippen LogP contribution in [-0.4, -0.2) is 15.9 Å². The predicted molar refractivity (Wildman–Crippen MR) is 92.9 cm³/mol. The molecular weight excluding hydrogens is 345 g/mol. The highest BCUT2D eigenvalue weighted by Gasteiger charge is 2.32. The number of para-hydroxylation sites is 1. The molecule has 1 aromatic heterocycles. The first kappa shape index (κ1) is 18.0. The van der Waals surface area contributed by atoms with Gasteiger partial charge in [-0.05, 0) is 43.5 Å². The molecule has 0 aliphatic rings. The molecule has 7 heteroatoms. The van der Waals surface area contributed by atoms with Gasteiger partial charge in [0.1, 0.15) is 5.75 Å². The molecule has 0 aliphatic carbocycles. The van der Waals surface area contributed by atoms with Gasteiger partial charge < -0.3 is 4.74 Å². The number of ether oxygens (including phenoxy) is 1. The summed E-state index contributed by atoms with van der Waals surface area (Å²) >= 11 is 0. The Bertz CT molecular complexity index is 1040. The van der Waals surface area contributed by atoms with Crippen molar-refractivity contribution in [3.8, 4) is 11.4 Å². The molecule has 0 saturated carbocycles. The third-order valence-corrected chi connectivity index (χ3v) is 4.18. The molecule has 0 aliphatic heterocycles. The molecule has 3 aromatic rings. The Morgan fingerprint density at radius 1 is 1.12 bits per heavy atom. The van der Waals surface area contributed by atoms with E-state index in [1.165, 1.54) is 17.6 Å². The highest BCUT2D eigenvalue weighted by atomic mass is 19.4. The van der Waals surface area contributed by atoms with Gasteiger partial charge in [-0.15, -0.1) is 13.2 Å². The second-order valence-electron chi connectivity index (χ2n) is 6.00. The maximum atomic E-state index is 12.7. The summed E-state index contributed by atoms with van der Waals surface area (Å²) in [5.74, 6) is -0.333. The quantitative estimate of drug-likeness (QED) is 0.691. The molecule has 3 rings (SSSR count). The first-order valence-corrected chi connectivity index (χ1v) is 8.09. The van der Waals surface area contributed by atoms with Crippen LogP contribution < -0.4 is 10.4 Å². The van der Waals surface area contributed by atoms with E-state index in [-0.39, 0.29) is 5.75 Å². The van der Waals surface area contributed by atoms with Crippen molar-refractivity contribution in [2.75, 3.05) is 0 Å². The molecule has 0 saturated heterocycles. The summed E-state index contributed by atoms with van der Waals surface area (Å²) < 4.78 is 43.7. The standard InChI is InChI=1S/C19H17F3N2O2/c1-4-14-13-9-12(3)17(26-19(20,21)22)10-16(13)24(18(25)23-14)15-8-6-5-7-11(15)2/h5-10H,4H2,1-3H3. The lowest BCUT2D eigenvalue weighted by Gasteiger charge is -2.17. The average Bonchev–Trinajstić information content (AvgIpc) is 2.55. The van der Waals surface area contributed by atoms with Gasteiger partial charge in [-0.3, -0.25) is 4.57 Å². The average molecular weight is 362 g/mol. The first-order valence-electron chi connectivity index (χ1n) is 8.09. The van der Waals surface area contributed by atoms with Gasteiger partial charge in [-0.25, -0.2) is 4.79 Å². The van der Waals surface area contributed by atoms with E-state index in [4.69, 9.17) is 0 Å². The molecule has 0 spiro atoms. The minimum absolute atomic E-state index is 0.321. The molecule has 0 atom stereocenters. The van der Waals surface area contributed by atoms with E-state index in [0.29, 0.717) is 34.3 Å². The summed E-state index contributed by atoms with van der Waals surface area (Å²) in [4.78, 5) is 16.8. The van der Waals surface area contributed by atoms with Crippen LogP contribution in [0.3, 0.4) is 0 Å². The van der Waals surface area contributed by atoms with Crippen LogP contribution in [-0.2, 0) is 6.42 Å². The zero-order chi connectivity index (χ0) is 19.1. The van der Waals surface area contributed by atoms with E-state index in [2.05, 4.69) is 9.72 Å². The molecular formula is C19H17F3N2O2. The van der Waals surface area contributed by atoms with Gasteiger partial charge in [0.05, 0.1) is 16.9 Å². The van der Waals surface area contributed by atoms with E-state index in [9.17, 15) is 18.0 Å². The molecule has 136 valence electrons. The Morgan fingerprint density at radius 2 is 1.81 bits per heavy atom. The first-order chi connectivity index (χ1) is 12.2. The van der Waals surface area contributed by atoms with Crippen LogP contribution in [0.2, 0.25) is 0 Å². The summed E-state index contributed by atoms with van der Waals surface area (Å²) in [5.41, 5.74) is 2.03. The number of aryl methyl sites for hydroxylation is 3. The predicted octanol–water partition coefficient (Wildman–Crippen LogP) is 4.46. The third-order valence-electron chi connectivity index (χ3n) is 4.18. The maximum Gasteiger partial charge on any atom is 0.573 e. The maximum absolute atomic E-state index is 12.7. The van der Waals surface area contributed by atoms with Gasteiger partial charge in [0, 0.05) is 11.5 Å². The molecule has 4 nitrogen and oxygen atoms in total. The monoisotopic (exact) mass is 362 g/mol. The lowest BCUT2D eigenvalue weighted by molar-refractivity contribution is -0.274. The Morgan fingerprint density at radius 3 is 2.42 bits per heavy atom. The molecule has 0 amide bonds. The third kappa shape index (κ3) is 3.29. The van der Waals surface area contributed by atoms with Crippen LogP contribution >= 0.6 is 0 Å². The molecule has 0 N–H and O–H groups in total. The summed E-state index contributed by atoms with van der Waals surface area (Å²) in [6.45, 7) is 5.20. The topological polar surface area (TPSA) is 44.1 Å². The Labute approximate surface area is 147 Å². The van der Waals surface area contributed by atoms with Crippen molar-refractivity contribution in [2.24, 2.45) is 0 Å². The van der Waals surface area contributed by atoms with Gasteiger partial charge in [0.25, 0.3) is 0 Å². The second-order valence-corrected chi connectivity index (χ2v) is 6.00. The van der Waals surface area contributed by atoms with Gasteiger partial charge in [0.2, 0.25) is 0 Å². The number of alkyl halides is 3. The van der Waals surface area contributed by atoms with Gasteiger partial charge in [-0.1, -0.05) is 25.1 Å². The summed E-state index contributed by atoms with van der Waals surface area (Å²) in [6, 6.07) is 9.97. The molecule has 26 heavy (non-hydrogen) atoms. The van der Waals surface area contributed by atoms with Crippen molar-refractivity contribution < 1.29 is 17.9 Å². The number of halogens is 3. The largest absolute Gasteiger partial charge is 0.573 e. The van der Waals surface area contributed by atoms with Gasteiger partial charge in [0.15, 0.2) is 0 Å². The van der Waals surface area contributed by atoms with E-state index in [0.717, 1.165) is 5.56 Å². The molecule has 0 radical (unpaired) electrons. The van der Waals surface area contributed by atoms with Crippen molar-refractivity contribution in [3.63, 3.8) is 0 Å². The highest BCUT2D eigenvalue weighted by molar-refractivity contribution is 5.85. The van der Waals surface area contributed by atoms with Crippen molar-refractivity contribution >= 4 is 10.9 Å². The van der Waals surface area contributed by atoms with E-state index in [1.54, 1.807) is 18.2 Å². The van der Waals surface area contributed by atoms with Crippen LogP contribution in [0.5, 0.6) is 5.75 Å². The van der Waals surface area contributed by atoms with Crippen LogP contribution in [0, 0.1) is 13.8 Å². The Balaban J connectivity index is 2.41. The molecule has 0 unspecified atom stereocenters. The minimum Gasteiger partial charge on any atom is -0.405 e. The second kappa shape index (κ2) is 6.48. The summed E-state index contributed by atoms with van der Waals surface area (Å²) in [6.07, 6.45) is -4.33. The lowest BCUT2D eigenvalue weighted by Crippen LogP contribution is -2.24. The number of aromatic nitrogens is 2.